The van der Waals surface area contributed by atoms with Crippen LogP contribution in [0.1, 0.15) is 31.2 Å². The molecule has 0 bridgehead atoms. The van der Waals surface area contributed by atoms with Crippen LogP contribution in [0, 0.1) is 6.92 Å². The first-order valence-electron chi connectivity index (χ1n) is 6.62. The minimum absolute atomic E-state index is 0.316. The van der Waals surface area contributed by atoms with Crippen molar-refractivity contribution in [2.45, 2.75) is 32.8 Å². The molecule has 1 fully saturated rings. The fraction of sp³-hybridized carbons (Fsp3) is 0.615. The number of piperidine rings is 1. The molecule has 1 aromatic heterocycles. The summed E-state index contributed by atoms with van der Waals surface area (Å²) >= 11 is 4.98. The van der Waals surface area contributed by atoms with Gasteiger partial charge in [0.1, 0.15) is 10.7 Å². The summed E-state index contributed by atoms with van der Waals surface area (Å²) < 4.78 is 5.64. The molecule has 19 heavy (non-hydrogen) atoms. The Morgan fingerprint density at radius 1 is 1.47 bits per heavy atom. The quantitative estimate of drug-likeness (QED) is 0.842. The summed E-state index contributed by atoms with van der Waals surface area (Å²) in [6, 6.07) is 1.82. The SMILES string of the molecule is CCOC1CCN(c2nc(C)cc(C(N)=S)n2)CC1. The van der Waals surface area contributed by atoms with E-state index in [2.05, 4.69) is 14.9 Å². The zero-order valence-corrected chi connectivity index (χ0v) is 12.2. The standard InChI is InChI=1S/C13H20N4OS/c1-3-18-10-4-6-17(7-5-10)13-15-9(2)8-11(16-13)12(14)19/h8,10H,3-7H2,1-2H3,(H2,14,19). The van der Waals surface area contributed by atoms with Gasteiger partial charge in [-0.05, 0) is 32.8 Å². The molecule has 1 aromatic rings. The summed E-state index contributed by atoms with van der Waals surface area (Å²) in [5.74, 6) is 0.720. The molecular weight excluding hydrogens is 260 g/mol. The molecule has 6 heteroatoms. The number of thiocarbonyl (C=S) groups is 1. The van der Waals surface area contributed by atoms with Gasteiger partial charge in [-0.1, -0.05) is 12.2 Å². The lowest BCUT2D eigenvalue weighted by molar-refractivity contribution is 0.0457. The molecule has 1 aliphatic heterocycles. The van der Waals surface area contributed by atoms with Crippen LogP contribution in [0.25, 0.3) is 0 Å². The Kier molecular flexibility index (Phi) is 4.66. The largest absolute Gasteiger partial charge is 0.388 e. The van der Waals surface area contributed by atoms with Gasteiger partial charge in [0.2, 0.25) is 5.95 Å². The van der Waals surface area contributed by atoms with Crippen LogP contribution in [0.4, 0.5) is 5.95 Å². The van der Waals surface area contributed by atoms with E-state index in [1.807, 2.05) is 19.9 Å². The van der Waals surface area contributed by atoms with Crippen LogP contribution in [-0.2, 0) is 4.74 Å². The van der Waals surface area contributed by atoms with E-state index in [1.165, 1.54) is 0 Å². The zero-order valence-electron chi connectivity index (χ0n) is 11.4. The minimum Gasteiger partial charge on any atom is -0.388 e. The molecular formula is C13H20N4OS. The number of nitrogens with zero attached hydrogens (tertiary/aromatic N) is 3. The molecule has 0 unspecified atom stereocenters. The Hall–Kier alpha value is -1.27. The number of hydrogen-bond acceptors (Lipinski definition) is 5. The summed E-state index contributed by atoms with van der Waals surface area (Å²) in [5, 5.41) is 0. The molecule has 0 aromatic carbocycles. The summed E-state index contributed by atoms with van der Waals surface area (Å²) in [4.78, 5) is 11.4. The van der Waals surface area contributed by atoms with Crippen molar-refractivity contribution in [1.29, 1.82) is 0 Å². The third-order valence-electron chi connectivity index (χ3n) is 3.22. The number of aromatic nitrogens is 2. The van der Waals surface area contributed by atoms with Crippen molar-refractivity contribution < 1.29 is 4.74 Å². The van der Waals surface area contributed by atoms with Crippen LogP contribution in [-0.4, -0.2) is 40.8 Å². The Labute approximate surface area is 119 Å². The summed E-state index contributed by atoms with van der Waals surface area (Å²) in [6.07, 6.45) is 2.38. The van der Waals surface area contributed by atoms with Crippen molar-refractivity contribution in [3.63, 3.8) is 0 Å². The molecule has 0 aliphatic carbocycles. The molecule has 0 saturated carbocycles. The minimum atomic E-state index is 0.316. The van der Waals surface area contributed by atoms with Crippen LogP contribution in [0.2, 0.25) is 0 Å². The second-order valence-electron chi connectivity index (χ2n) is 4.70. The van der Waals surface area contributed by atoms with Gasteiger partial charge >= 0.3 is 0 Å². The maximum absolute atomic E-state index is 5.65. The van der Waals surface area contributed by atoms with Crippen molar-refractivity contribution in [3.8, 4) is 0 Å². The van der Waals surface area contributed by atoms with E-state index in [-0.39, 0.29) is 0 Å². The van der Waals surface area contributed by atoms with E-state index >= 15 is 0 Å². The first-order chi connectivity index (χ1) is 9.10. The monoisotopic (exact) mass is 280 g/mol. The van der Waals surface area contributed by atoms with Crippen molar-refractivity contribution in [3.05, 3.63) is 17.5 Å². The van der Waals surface area contributed by atoms with Gasteiger partial charge in [0.25, 0.3) is 0 Å². The molecule has 1 saturated heterocycles. The number of anilines is 1. The molecule has 2 heterocycles. The van der Waals surface area contributed by atoms with E-state index in [9.17, 15) is 0 Å². The number of ether oxygens (including phenoxy) is 1. The summed E-state index contributed by atoms with van der Waals surface area (Å²) in [7, 11) is 0. The molecule has 0 amide bonds. The van der Waals surface area contributed by atoms with Gasteiger partial charge in [-0.3, -0.25) is 0 Å². The van der Waals surface area contributed by atoms with Crippen LogP contribution in [0.15, 0.2) is 6.07 Å². The average Bonchev–Trinajstić information content (AvgIpc) is 2.39. The van der Waals surface area contributed by atoms with E-state index in [4.69, 9.17) is 22.7 Å². The van der Waals surface area contributed by atoms with Gasteiger partial charge in [0, 0.05) is 25.4 Å². The Morgan fingerprint density at radius 2 is 2.16 bits per heavy atom. The zero-order chi connectivity index (χ0) is 13.8. The predicted molar refractivity (Wildman–Crippen MR) is 79.5 cm³/mol. The fourth-order valence-corrected chi connectivity index (χ4v) is 2.38. The number of nitrogens with two attached hydrogens (primary N) is 1. The summed E-state index contributed by atoms with van der Waals surface area (Å²) in [5.41, 5.74) is 7.18. The number of aryl methyl sites for hydroxylation is 1. The van der Waals surface area contributed by atoms with Crippen molar-refractivity contribution >= 4 is 23.2 Å². The van der Waals surface area contributed by atoms with Crippen molar-refractivity contribution in [2.75, 3.05) is 24.6 Å². The highest BCUT2D eigenvalue weighted by Gasteiger charge is 2.21. The lowest BCUT2D eigenvalue weighted by Crippen LogP contribution is -2.38. The Bertz CT molecular complexity index is 458. The molecule has 0 spiro atoms. The first-order valence-corrected chi connectivity index (χ1v) is 7.03. The highest BCUT2D eigenvalue weighted by molar-refractivity contribution is 7.80. The van der Waals surface area contributed by atoms with Gasteiger partial charge < -0.3 is 15.4 Å². The molecule has 0 radical (unpaired) electrons. The maximum Gasteiger partial charge on any atom is 0.226 e. The van der Waals surface area contributed by atoms with Gasteiger partial charge in [-0.15, -0.1) is 0 Å². The van der Waals surface area contributed by atoms with Crippen molar-refractivity contribution in [1.82, 2.24) is 9.97 Å². The molecule has 0 atom stereocenters. The number of rotatable bonds is 4. The Balaban J connectivity index is 2.09. The van der Waals surface area contributed by atoms with Crippen LogP contribution in [0.3, 0.4) is 0 Å². The maximum atomic E-state index is 5.65. The molecule has 2 rings (SSSR count). The summed E-state index contributed by atoms with van der Waals surface area (Å²) in [6.45, 7) is 6.55. The smallest absolute Gasteiger partial charge is 0.226 e. The molecule has 2 N–H and O–H groups in total. The van der Waals surface area contributed by atoms with E-state index in [0.717, 1.165) is 44.2 Å². The third kappa shape index (κ3) is 3.61. The average molecular weight is 280 g/mol. The molecule has 1 aliphatic rings. The van der Waals surface area contributed by atoms with Crippen LogP contribution >= 0.6 is 12.2 Å². The third-order valence-corrected chi connectivity index (χ3v) is 3.43. The lowest BCUT2D eigenvalue weighted by atomic mass is 10.1. The van der Waals surface area contributed by atoms with E-state index in [1.54, 1.807) is 0 Å². The highest BCUT2D eigenvalue weighted by Crippen LogP contribution is 2.19. The fourth-order valence-electron chi connectivity index (χ4n) is 2.28. The molecule has 104 valence electrons. The predicted octanol–water partition coefficient (Wildman–Crippen LogP) is 1.42. The van der Waals surface area contributed by atoms with Crippen LogP contribution in [0.5, 0.6) is 0 Å². The van der Waals surface area contributed by atoms with Crippen LogP contribution < -0.4 is 10.6 Å². The Morgan fingerprint density at radius 3 is 2.74 bits per heavy atom. The lowest BCUT2D eigenvalue weighted by Gasteiger charge is -2.32. The first kappa shape index (κ1) is 14.1. The van der Waals surface area contributed by atoms with Crippen molar-refractivity contribution in [2.24, 2.45) is 5.73 Å². The van der Waals surface area contributed by atoms with E-state index in [0.29, 0.717) is 16.8 Å². The van der Waals surface area contributed by atoms with E-state index < -0.39 is 0 Å². The normalized spacial score (nSPS) is 16.6. The van der Waals surface area contributed by atoms with Gasteiger partial charge in [-0.2, -0.15) is 0 Å². The number of hydrogen-bond donors (Lipinski definition) is 1. The topological polar surface area (TPSA) is 64.3 Å². The highest BCUT2D eigenvalue weighted by atomic mass is 32.1. The second kappa shape index (κ2) is 6.25. The molecule has 5 nitrogen and oxygen atoms in total. The van der Waals surface area contributed by atoms with Gasteiger partial charge in [0.05, 0.1) is 6.10 Å². The second-order valence-corrected chi connectivity index (χ2v) is 5.14. The van der Waals surface area contributed by atoms with Gasteiger partial charge in [0.15, 0.2) is 0 Å². The van der Waals surface area contributed by atoms with Gasteiger partial charge in [-0.25, -0.2) is 9.97 Å².